The summed E-state index contributed by atoms with van der Waals surface area (Å²) in [7, 11) is 1.59. The molecule has 0 aliphatic carbocycles. The van der Waals surface area contributed by atoms with Gasteiger partial charge in [0.25, 0.3) is 0 Å². The van der Waals surface area contributed by atoms with Crippen LogP contribution < -0.4 is 14.4 Å². The van der Waals surface area contributed by atoms with E-state index >= 15 is 0 Å². The Morgan fingerprint density at radius 2 is 1.96 bits per heavy atom. The minimum absolute atomic E-state index is 0.0309. The second-order valence-electron chi connectivity index (χ2n) is 6.41. The molecule has 6 heteroatoms. The van der Waals surface area contributed by atoms with Crippen LogP contribution in [0.25, 0.3) is 10.9 Å². The summed E-state index contributed by atoms with van der Waals surface area (Å²) in [6, 6.07) is 11.7. The first-order valence-electron chi connectivity index (χ1n) is 8.86. The van der Waals surface area contributed by atoms with Crippen LogP contribution in [-0.4, -0.2) is 24.5 Å². The van der Waals surface area contributed by atoms with Gasteiger partial charge >= 0.3 is 0 Å². The third-order valence-corrected chi connectivity index (χ3v) is 4.68. The highest BCUT2D eigenvalue weighted by Crippen LogP contribution is 2.33. The van der Waals surface area contributed by atoms with Crippen LogP contribution >= 0.6 is 0 Å². The third-order valence-electron chi connectivity index (χ3n) is 4.68. The molecule has 2 heterocycles. The summed E-state index contributed by atoms with van der Waals surface area (Å²) in [5.74, 6) is 0.816. The number of hydrogen-bond donors (Lipinski definition) is 0. The van der Waals surface area contributed by atoms with Gasteiger partial charge in [0.05, 0.1) is 12.6 Å². The zero-order valence-electron chi connectivity index (χ0n) is 14.9. The summed E-state index contributed by atoms with van der Waals surface area (Å²) < 4.78 is 25.6. The fraction of sp³-hybridized carbons (Fsp3) is 0.238. The molecule has 0 spiro atoms. The zero-order valence-corrected chi connectivity index (χ0v) is 14.9. The molecular weight excluding hydrogens is 347 g/mol. The number of pyridine rings is 1. The van der Waals surface area contributed by atoms with Crippen LogP contribution in [0.2, 0.25) is 0 Å². The largest absolute Gasteiger partial charge is 0.497 e. The SMILES string of the molecule is COc1ccc2c(Oc3ccc(N4CCCCC4=O)cc3F)ccnc2c1. The van der Waals surface area contributed by atoms with Gasteiger partial charge in [-0.25, -0.2) is 4.39 Å². The highest BCUT2D eigenvalue weighted by molar-refractivity contribution is 5.94. The Morgan fingerprint density at radius 3 is 2.74 bits per heavy atom. The van der Waals surface area contributed by atoms with Crippen molar-refractivity contribution in [2.24, 2.45) is 0 Å². The lowest BCUT2D eigenvalue weighted by atomic mass is 10.1. The van der Waals surface area contributed by atoms with Crippen molar-refractivity contribution >= 4 is 22.5 Å². The van der Waals surface area contributed by atoms with Gasteiger partial charge in [-0.15, -0.1) is 0 Å². The molecule has 1 fully saturated rings. The van der Waals surface area contributed by atoms with Crippen molar-refractivity contribution in [1.82, 2.24) is 4.98 Å². The molecule has 3 aromatic rings. The minimum Gasteiger partial charge on any atom is -0.497 e. The highest BCUT2D eigenvalue weighted by Gasteiger charge is 2.21. The van der Waals surface area contributed by atoms with E-state index in [0.29, 0.717) is 35.7 Å². The van der Waals surface area contributed by atoms with Crippen molar-refractivity contribution in [3.05, 3.63) is 54.5 Å². The molecule has 0 radical (unpaired) electrons. The van der Waals surface area contributed by atoms with Crippen LogP contribution in [0.3, 0.4) is 0 Å². The molecule has 1 aromatic heterocycles. The Labute approximate surface area is 156 Å². The van der Waals surface area contributed by atoms with E-state index in [1.807, 2.05) is 6.07 Å². The maximum atomic E-state index is 14.6. The standard InChI is InChI=1S/C21H19FN2O3/c1-26-15-6-7-16-18(13-15)23-10-9-19(16)27-20-8-5-14(12-17(20)22)24-11-3-2-4-21(24)25/h5-10,12-13H,2-4,11H2,1H3. The van der Waals surface area contributed by atoms with Crippen molar-refractivity contribution in [3.8, 4) is 17.2 Å². The monoisotopic (exact) mass is 366 g/mol. The topological polar surface area (TPSA) is 51.7 Å². The lowest BCUT2D eigenvalue weighted by Crippen LogP contribution is -2.35. The maximum absolute atomic E-state index is 14.6. The van der Waals surface area contributed by atoms with Gasteiger partial charge in [-0.1, -0.05) is 0 Å². The van der Waals surface area contributed by atoms with Crippen LogP contribution in [0.5, 0.6) is 17.2 Å². The number of benzene rings is 2. The Hall–Kier alpha value is -3.15. The molecule has 0 bridgehead atoms. The van der Waals surface area contributed by atoms with Gasteiger partial charge in [0, 0.05) is 42.4 Å². The van der Waals surface area contributed by atoms with Gasteiger partial charge < -0.3 is 14.4 Å². The van der Waals surface area contributed by atoms with Crippen molar-refractivity contribution in [1.29, 1.82) is 0 Å². The number of piperidine rings is 1. The van der Waals surface area contributed by atoms with Crippen molar-refractivity contribution < 1.29 is 18.7 Å². The second kappa shape index (κ2) is 7.23. The molecule has 0 unspecified atom stereocenters. The van der Waals surface area contributed by atoms with Gasteiger partial charge in [0.1, 0.15) is 11.5 Å². The summed E-state index contributed by atoms with van der Waals surface area (Å²) in [6.45, 7) is 0.620. The number of rotatable bonds is 4. The minimum atomic E-state index is -0.510. The Morgan fingerprint density at radius 1 is 1.07 bits per heavy atom. The normalized spacial score (nSPS) is 14.4. The fourth-order valence-corrected chi connectivity index (χ4v) is 3.26. The number of carbonyl (C=O) groups is 1. The van der Waals surface area contributed by atoms with Crippen molar-refractivity contribution in [3.63, 3.8) is 0 Å². The Kier molecular flexibility index (Phi) is 4.62. The van der Waals surface area contributed by atoms with Crippen LogP contribution in [0, 0.1) is 5.82 Å². The average Bonchev–Trinajstić information content (AvgIpc) is 2.69. The summed E-state index contributed by atoms with van der Waals surface area (Å²) >= 11 is 0. The Balaban J connectivity index is 1.63. The van der Waals surface area contributed by atoms with E-state index in [2.05, 4.69) is 4.98 Å². The molecule has 1 aliphatic rings. The molecule has 5 nitrogen and oxygen atoms in total. The molecule has 1 saturated heterocycles. The van der Waals surface area contributed by atoms with Crippen molar-refractivity contribution in [2.75, 3.05) is 18.6 Å². The predicted molar refractivity (Wildman–Crippen MR) is 101 cm³/mol. The number of carbonyl (C=O) groups excluding carboxylic acids is 1. The summed E-state index contributed by atoms with van der Waals surface area (Å²) in [6.07, 6.45) is 3.93. The summed E-state index contributed by atoms with van der Waals surface area (Å²) in [5, 5.41) is 0.757. The average molecular weight is 366 g/mol. The van der Waals surface area contributed by atoms with E-state index in [-0.39, 0.29) is 11.7 Å². The van der Waals surface area contributed by atoms with Crippen molar-refractivity contribution in [2.45, 2.75) is 19.3 Å². The predicted octanol–water partition coefficient (Wildman–Crippen LogP) is 4.69. The van der Waals surface area contributed by atoms with Crippen LogP contribution in [0.15, 0.2) is 48.7 Å². The molecule has 138 valence electrons. The molecule has 0 N–H and O–H groups in total. The quantitative estimate of drug-likeness (QED) is 0.672. The number of methoxy groups -OCH3 is 1. The van der Waals surface area contributed by atoms with E-state index in [9.17, 15) is 9.18 Å². The molecule has 1 aliphatic heterocycles. The first-order valence-corrected chi connectivity index (χ1v) is 8.86. The zero-order chi connectivity index (χ0) is 18.8. The number of aromatic nitrogens is 1. The van der Waals surface area contributed by atoms with Gasteiger partial charge in [0.15, 0.2) is 11.6 Å². The number of nitrogens with zero attached hydrogens (tertiary/aromatic N) is 2. The Bertz CT molecular complexity index is 1010. The van der Waals surface area contributed by atoms with E-state index in [4.69, 9.17) is 9.47 Å². The van der Waals surface area contributed by atoms with Crippen LogP contribution in [0.4, 0.5) is 10.1 Å². The molecule has 0 saturated carbocycles. The smallest absolute Gasteiger partial charge is 0.226 e. The van der Waals surface area contributed by atoms with E-state index in [1.165, 1.54) is 6.07 Å². The maximum Gasteiger partial charge on any atom is 0.226 e. The van der Waals surface area contributed by atoms with E-state index in [0.717, 1.165) is 18.2 Å². The second-order valence-corrected chi connectivity index (χ2v) is 6.41. The number of anilines is 1. The van der Waals surface area contributed by atoms with Crippen LogP contribution in [-0.2, 0) is 4.79 Å². The summed E-state index contributed by atoms with van der Waals surface area (Å²) in [4.78, 5) is 18.0. The molecule has 27 heavy (non-hydrogen) atoms. The summed E-state index contributed by atoms with van der Waals surface area (Å²) in [5.41, 5.74) is 1.26. The number of amides is 1. The van der Waals surface area contributed by atoms with Gasteiger partial charge in [-0.2, -0.15) is 0 Å². The molecular formula is C21H19FN2O3. The highest BCUT2D eigenvalue weighted by atomic mass is 19.1. The van der Waals surface area contributed by atoms with Gasteiger partial charge in [0.2, 0.25) is 5.91 Å². The van der Waals surface area contributed by atoms with Gasteiger partial charge in [-0.05, 0) is 43.2 Å². The first kappa shape index (κ1) is 17.3. The van der Waals surface area contributed by atoms with Gasteiger partial charge in [-0.3, -0.25) is 9.78 Å². The molecule has 1 amide bonds. The lowest BCUT2D eigenvalue weighted by molar-refractivity contribution is -0.119. The number of hydrogen-bond acceptors (Lipinski definition) is 4. The van der Waals surface area contributed by atoms with E-state index < -0.39 is 5.82 Å². The molecule has 2 aromatic carbocycles. The first-order chi connectivity index (χ1) is 13.2. The lowest BCUT2D eigenvalue weighted by Gasteiger charge is -2.27. The number of halogens is 1. The van der Waals surface area contributed by atoms with Crippen LogP contribution in [0.1, 0.15) is 19.3 Å². The van der Waals surface area contributed by atoms with E-state index in [1.54, 1.807) is 48.5 Å². The number of ether oxygens (including phenoxy) is 2. The third kappa shape index (κ3) is 3.43. The molecule has 4 rings (SSSR count). The fourth-order valence-electron chi connectivity index (χ4n) is 3.26. The molecule has 0 atom stereocenters. The number of fused-ring (bicyclic) bond motifs is 1.